The van der Waals surface area contributed by atoms with Crippen LogP contribution in [0.5, 0.6) is 5.75 Å². The molecule has 1 N–H and O–H groups in total. The van der Waals surface area contributed by atoms with Crippen molar-refractivity contribution in [2.24, 2.45) is 7.05 Å². The Balaban J connectivity index is 1.61. The highest BCUT2D eigenvalue weighted by molar-refractivity contribution is 6.30. The van der Waals surface area contributed by atoms with E-state index >= 15 is 0 Å². The van der Waals surface area contributed by atoms with Crippen LogP contribution in [0.25, 0.3) is 0 Å². The van der Waals surface area contributed by atoms with Gasteiger partial charge in [-0.1, -0.05) is 11.6 Å². The number of halogens is 1. The minimum absolute atomic E-state index is 0.139. The van der Waals surface area contributed by atoms with Crippen LogP contribution in [0.15, 0.2) is 30.5 Å². The molecule has 1 unspecified atom stereocenters. The molecule has 2 heterocycles. The molecule has 0 fully saturated rings. The fourth-order valence-corrected chi connectivity index (χ4v) is 2.33. The van der Waals surface area contributed by atoms with Gasteiger partial charge in [-0.3, -0.25) is 4.68 Å². The molecule has 2 aromatic rings. The molecule has 0 saturated heterocycles. The van der Waals surface area contributed by atoms with E-state index in [9.17, 15) is 0 Å². The van der Waals surface area contributed by atoms with Gasteiger partial charge in [0.1, 0.15) is 17.7 Å². The summed E-state index contributed by atoms with van der Waals surface area (Å²) in [5, 5.41) is 8.29. The Kier molecular flexibility index (Phi) is 2.88. The van der Waals surface area contributed by atoms with Crippen molar-refractivity contribution in [2.75, 3.05) is 11.9 Å². The van der Waals surface area contributed by atoms with Gasteiger partial charge < -0.3 is 10.1 Å². The third-order valence-corrected chi connectivity index (χ3v) is 3.22. The predicted octanol–water partition coefficient (Wildman–Crippen LogP) is 2.49. The zero-order valence-electron chi connectivity index (χ0n) is 10.1. The fourth-order valence-electron chi connectivity index (χ4n) is 2.13. The van der Waals surface area contributed by atoms with Crippen LogP contribution in [0.4, 0.5) is 5.82 Å². The third kappa shape index (κ3) is 2.29. The van der Waals surface area contributed by atoms with Gasteiger partial charge in [0.15, 0.2) is 0 Å². The van der Waals surface area contributed by atoms with Crippen LogP contribution in [0, 0.1) is 0 Å². The maximum Gasteiger partial charge on any atom is 0.148 e. The molecule has 0 bridgehead atoms. The van der Waals surface area contributed by atoms with Crippen molar-refractivity contribution < 1.29 is 4.74 Å². The Morgan fingerprint density at radius 1 is 1.50 bits per heavy atom. The van der Waals surface area contributed by atoms with E-state index in [1.54, 1.807) is 4.68 Å². The maximum absolute atomic E-state index is 5.96. The van der Waals surface area contributed by atoms with E-state index < -0.39 is 0 Å². The Morgan fingerprint density at radius 3 is 3.17 bits per heavy atom. The molecule has 0 amide bonds. The van der Waals surface area contributed by atoms with Gasteiger partial charge in [-0.15, -0.1) is 0 Å². The summed E-state index contributed by atoms with van der Waals surface area (Å²) in [4.78, 5) is 0. The first kappa shape index (κ1) is 11.4. The van der Waals surface area contributed by atoms with E-state index in [1.165, 1.54) is 5.56 Å². The van der Waals surface area contributed by atoms with E-state index in [4.69, 9.17) is 16.3 Å². The SMILES string of the molecule is Cn1ccc(NCC2Cc3cc(Cl)ccc3O2)n1. The molecule has 3 rings (SSSR count). The summed E-state index contributed by atoms with van der Waals surface area (Å²) in [6, 6.07) is 7.70. The average molecular weight is 264 g/mol. The summed E-state index contributed by atoms with van der Waals surface area (Å²) in [6.07, 6.45) is 2.93. The molecule has 5 heteroatoms. The van der Waals surface area contributed by atoms with Gasteiger partial charge in [-0.25, -0.2) is 0 Å². The maximum atomic E-state index is 5.96. The molecule has 94 valence electrons. The summed E-state index contributed by atoms with van der Waals surface area (Å²) in [5.74, 6) is 1.81. The Labute approximate surface area is 111 Å². The van der Waals surface area contributed by atoms with Crippen molar-refractivity contribution in [1.82, 2.24) is 9.78 Å². The van der Waals surface area contributed by atoms with Crippen LogP contribution in [0.3, 0.4) is 0 Å². The monoisotopic (exact) mass is 263 g/mol. The van der Waals surface area contributed by atoms with E-state index in [0.717, 1.165) is 29.6 Å². The number of rotatable bonds is 3. The highest BCUT2D eigenvalue weighted by atomic mass is 35.5. The molecule has 0 spiro atoms. The quantitative estimate of drug-likeness (QED) is 0.925. The third-order valence-electron chi connectivity index (χ3n) is 2.99. The first-order valence-electron chi connectivity index (χ1n) is 5.89. The van der Waals surface area contributed by atoms with Crippen molar-refractivity contribution in [3.05, 3.63) is 41.0 Å². The topological polar surface area (TPSA) is 39.1 Å². The molecular formula is C13H14ClN3O. The first-order valence-corrected chi connectivity index (χ1v) is 6.27. The van der Waals surface area contributed by atoms with Gasteiger partial charge in [0.25, 0.3) is 0 Å². The molecule has 1 atom stereocenters. The fraction of sp³-hybridized carbons (Fsp3) is 0.308. The molecule has 1 aromatic carbocycles. The lowest BCUT2D eigenvalue weighted by Gasteiger charge is -2.10. The lowest BCUT2D eigenvalue weighted by Crippen LogP contribution is -2.24. The summed E-state index contributed by atoms with van der Waals surface area (Å²) < 4.78 is 7.60. The van der Waals surface area contributed by atoms with Crippen molar-refractivity contribution in [3.63, 3.8) is 0 Å². The number of aryl methyl sites for hydroxylation is 1. The van der Waals surface area contributed by atoms with Crippen LogP contribution in [0.1, 0.15) is 5.56 Å². The van der Waals surface area contributed by atoms with Gasteiger partial charge in [-0.2, -0.15) is 5.10 Å². The minimum Gasteiger partial charge on any atom is -0.488 e. The summed E-state index contributed by atoms with van der Waals surface area (Å²) in [7, 11) is 1.90. The summed E-state index contributed by atoms with van der Waals surface area (Å²) >= 11 is 5.96. The predicted molar refractivity (Wildman–Crippen MR) is 71.3 cm³/mol. The first-order chi connectivity index (χ1) is 8.70. The second kappa shape index (κ2) is 4.53. The normalized spacial score (nSPS) is 17.3. The van der Waals surface area contributed by atoms with Crippen LogP contribution in [-0.2, 0) is 13.5 Å². The van der Waals surface area contributed by atoms with Gasteiger partial charge in [0, 0.05) is 30.8 Å². The molecule has 4 nitrogen and oxygen atoms in total. The number of aromatic nitrogens is 2. The zero-order valence-corrected chi connectivity index (χ0v) is 10.8. The molecule has 0 aliphatic carbocycles. The Morgan fingerprint density at radius 2 is 2.39 bits per heavy atom. The molecular weight excluding hydrogens is 250 g/mol. The molecule has 1 aliphatic rings. The standard InChI is InChI=1S/C13H14ClN3O/c1-17-5-4-13(16-17)15-8-11-7-9-6-10(14)2-3-12(9)18-11/h2-6,11H,7-8H2,1H3,(H,15,16). The van der Waals surface area contributed by atoms with Crippen LogP contribution in [-0.4, -0.2) is 22.4 Å². The second-order valence-corrected chi connectivity index (χ2v) is 4.89. The van der Waals surface area contributed by atoms with Crippen molar-refractivity contribution in [2.45, 2.75) is 12.5 Å². The van der Waals surface area contributed by atoms with Gasteiger partial charge in [0.2, 0.25) is 0 Å². The number of ether oxygens (including phenoxy) is 1. The number of benzene rings is 1. The molecule has 1 aliphatic heterocycles. The number of nitrogens with one attached hydrogen (secondary N) is 1. The number of hydrogen-bond donors (Lipinski definition) is 1. The summed E-state index contributed by atoms with van der Waals surface area (Å²) in [6.45, 7) is 0.739. The largest absolute Gasteiger partial charge is 0.488 e. The number of anilines is 1. The van der Waals surface area contributed by atoms with Crippen LogP contribution >= 0.6 is 11.6 Å². The average Bonchev–Trinajstić information content (AvgIpc) is 2.92. The van der Waals surface area contributed by atoms with E-state index in [1.807, 2.05) is 37.5 Å². The number of fused-ring (bicyclic) bond motifs is 1. The lowest BCUT2D eigenvalue weighted by atomic mass is 10.1. The van der Waals surface area contributed by atoms with Gasteiger partial charge in [0.05, 0.1) is 6.54 Å². The second-order valence-electron chi connectivity index (χ2n) is 4.45. The number of nitrogens with zero attached hydrogens (tertiary/aromatic N) is 2. The van der Waals surface area contributed by atoms with E-state index in [2.05, 4.69) is 10.4 Å². The van der Waals surface area contributed by atoms with Crippen LogP contribution < -0.4 is 10.1 Å². The molecule has 1 aromatic heterocycles. The molecule has 0 radical (unpaired) electrons. The van der Waals surface area contributed by atoms with E-state index in [0.29, 0.717) is 0 Å². The molecule has 0 saturated carbocycles. The lowest BCUT2D eigenvalue weighted by molar-refractivity contribution is 0.246. The Hall–Kier alpha value is -1.68. The summed E-state index contributed by atoms with van der Waals surface area (Å²) in [5.41, 5.74) is 1.18. The van der Waals surface area contributed by atoms with Gasteiger partial charge in [-0.05, 0) is 23.8 Å². The van der Waals surface area contributed by atoms with Crippen molar-refractivity contribution in [3.8, 4) is 5.75 Å². The smallest absolute Gasteiger partial charge is 0.148 e. The molecule has 18 heavy (non-hydrogen) atoms. The van der Waals surface area contributed by atoms with Crippen molar-refractivity contribution >= 4 is 17.4 Å². The van der Waals surface area contributed by atoms with E-state index in [-0.39, 0.29) is 6.10 Å². The minimum atomic E-state index is 0.139. The van der Waals surface area contributed by atoms with Gasteiger partial charge >= 0.3 is 0 Å². The highest BCUT2D eigenvalue weighted by Gasteiger charge is 2.22. The number of hydrogen-bond acceptors (Lipinski definition) is 3. The van der Waals surface area contributed by atoms with Crippen LogP contribution in [0.2, 0.25) is 5.02 Å². The Bertz CT molecular complexity index is 567. The highest BCUT2D eigenvalue weighted by Crippen LogP contribution is 2.31. The van der Waals surface area contributed by atoms with Crippen molar-refractivity contribution in [1.29, 1.82) is 0 Å². The zero-order chi connectivity index (χ0) is 12.5.